The van der Waals surface area contributed by atoms with E-state index in [0.29, 0.717) is 18.8 Å². The Morgan fingerprint density at radius 2 is 2.14 bits per heavy atom. The van der Waals surface area contributed by atoms with Gasteiger partial charge in [0.15, 0.2) is 0 Å². The quantitative estimate of drug-likeness (QED) is 0.884. The van der Waals surface area contributed by atoms with E-state index in [1.165, 1.54) is 6.07 Å². The Balaban J connectivity index is 1.89. The van der Waals surface area contributed by atoms with Crippen LogP contribution in [0.4, 0.5) is 5.69 Å². The maximum Gasteiger partial charge on any atom is 0.353 e. The number of rotatable bonds is 3. The van der Waals surface area contributed by atoms with Crippen LogP contribution in [-0.2, 0) is 4.79 Å². The molecule has 0 spiro atoms. The molecule has 2 N–H and O–H groups in total. The molecule has 1 aromatic heterocycles. The molecule has 22 heavy (non-hydrogen) atoms. The molecule has 2 heterocycles. The molecule has 1 aromatic carbocycles. The maximum absolute atomic E-state index is 12.1. The lowest BCUT2D eigenvalue weighted by Crippen LogP contribution is -2.48. The first kappa shape index (κ1) is 14.3. The summed E-state index contributed by atoms with van der Waals surface area (Å²) in [6.07, 6.45) is 0. The van der Waals surface area contributed by atoms with E-state index >= 15 is 0 Å². The monoisotopic (exact) mass is 300 g/mol. The van der Waals surface area contributed by atoms with Crippen molar-refractivity contribution in [3.63, 3.8) is 0 Å². The van der Waals surface area contributed by atoms with Gasteiger partial charge >= 0.3 is 5.97 Å². The van der Waals surface area contributed by atoms with Crippen LogP contribution in [0.1, 0.15) is 10.5 Å². The number of nitrogens with zero attached hydrogens (tertiary/aromatic N) is 3. The molecule has 0 radical (unpaired) electrons. The number of hydrogen-bond donors (Lipinski definition) is 2. The predicted molar refractivity (Wildman–Crippen MR) is 80.8 cm³/mol. The molecule has 0 bridgehead atoms. The van der Waals surface area contributed by atoms with E-state index < -0.39 is 5.97 Å². The van der Waals surface area contributed by atoms with Gasteiger partial charge in [-0.3, -0.25) is 14.8 Å². The van der Waals surface area contributed by atoms with Gasteiger partial charge in [0.1, 0.15) is 5.69 Å². The van der Waals surface area contributed by atoms with Gasteiger partial charge in [-0.2, -0.15) is 5.10 Å². The molecule has 0 saturated carbocycles. The molecule has 7 nitrogen and oxygen atoms in total. The van der Waals surface area contributed by atoms with E-state index in [2.05, 4.69) is 10.2 Å². The molecular formula is C15H16N4O3. The lowest BCUT2D eigenvalue weighted by molar-refractivity contribution is -0.120. The molecule has 0 unspecified atom stereocenters. The average Bonchev–Trinajstić information content (AvgIpc) is 2.97. The molecule has 7 heteroatoms. The van der Waals surface area contributed by atoms with E-state index in [9.17, 15) is 9.59 Å². The number of likely N-dealkylation sites (N-methyl/N-ethyl adjacent to an activating group) is 1. The molecule has 1 aliphatic heterocycles. The van der Waals surface area contributed by atoms with Crippen LogP contribution in [0, 0.1) is 0 Å². The van der Waals surface area contributed by atoms with Gasteiger partial charge in [0.05, 0.1) is 12.2 Å². The predicted octanol–water partition coefficient (Wildman–Crippen LogP) is 1.05. The second kappa shape index (κ2) is 5.61. The third-order valence-corrected chi connectivity index (χ3v) is 3.67. The van der Waals surface area contributed by atoms with Crippen LogP contribution < -0.4 is 4.90 Å². The van der Waals surface area contributed by atoms with Crippen molar-refractivity contribution < 1.29 is 14.7 Å². The average molecular weight is 300 g/mol. The molecule has 1 saturated heterocycles. The lowest BCUT2D eigenvalue weighted by atomic mass is 10.1. The van der Waals surface area contributed by atoms with Crippen molar-refractivity contribution in [2.45, 2.75) is 0 Å². The number of anilines is 1. The van der Waals surface area contributed by atoms with Gasteiger partial charge in [-0.25, -0.2) is 4.79 Å². The fraction of sp³-hybridized carbons (Fsp3) is 0.267. The largest absolute Gasteiger partial charge is 0.477 e. The van der Waals surface area contributed by atoms with Crippen molar-refractivity contribution in [1.82, 2.24) is 15.1 Å². The molecule has 0 aliphatic carbocycles. The van der Waals surface area contributed by atoms with E-state index in [1.54, 1.807) is 4.90 Å². The number of benzene rings is 1. The number of aromatic carboxylic acids is 1. The van der Waals surface area contributed by atoms with Gasteiger partial charge in [0, 0.05) is 24.3 Å². The zero-order valence-corrected chi connectivity index (χ0v) is 12.1. The van der Waals surface area contributed by atoms with Gasteiger partial charge in [0.25, 0.3) is 0 Å². The highest BCUT2D eigenvalue weighted by Gasteiger charge is 2.23. The Hall–Kier alpha value is -2.67. The number of carbonyl (C=O) groups excluding carboxylic acids is 1. The van der Waals surface area contributed by atoms with E-state index in [1.807, 2.05) is 36.2 Å². The number of hydrogen-bond acceptors (Lipinski definition) is 4. The second-order valence-electron chi connectivity index (χ2n) is 5.31. The number of H-pyrrole nitrogens is 1. The third kappa shape index (κ3) is 2.71. The van der Waals surface area contributed by atoms with E-state index in [4.69, 9.17) is 5.11 Å². The maximum atomic E-state index is 12.1. The van der Waals surface area contributed by atoms with Gasteiger partial charge in [-0.15, -0.1) is 0 Å². The molecular weight excluding hydrogens is 284 g/mol. The third-order valence-electron chi connectivity index (χ3n) is 3.67. The van der Waals surface area contributed by atoms with Crippen LogP contribution in [0.5, 0.6) is 0 Å². The number of aromatic amines is 1. The Morgan fingerprint density at radius 3 is 2.82 bits per heavy atom. The fourth-order valence-corrected chi connectivity index (χ4v) is 2.48. The highest BCUT2D eigenvalue weighted by Crippen LogP contribution is 2.25. The number of amides is 1. The topological polar surface area (TPSA) is 89.5 Å². The summed E-state index contributed by atoms with van der Waals surface area (Å²) in [5.41, 5.74) is 2.15. The molecule has 2 aromatic rings. The standard InChI is InChI=1S/C15H16N4O3/c1-18-5-6-19(14(20)9-18)11-4-2-3-10(7-11)12-8-13(15(21)22)17-16-12/h2-4,7-8H,5-6,9H2,1H3,(H,16,17)(H,21,22). The Labute approximate surface area is 127 Å². The van der Waals surface area contributed by atoms with Gasteiger partial charge in [-0.1, -0.05) is 12.1 Å². The first-order chi connectivity index (χ1) is 10.5. The minimum atomic E-state index is -1.05. The number of piperazine rings is 1. The van der Waals surface area contributed by atoms with Gasteiger partial charge in [-0.05, 0) is 25.2 Å². The second-order valence-corrected chi connectivity index (χ2v) is 5.31. The molecule has 1 aliphatic rings. The molecule has 0 atom stereocenters. The van der Waals surface area contributed by atoms with Crippen molar-refractivity contribution >= 4 is 17.6 Å². The highest BCUT2D eigenvalue weighted by molar-refractivity contribution is 5.96. The fourth-order valence-electron chi connectivity index (χ4n) is 2.48. The zero-order chi connectivity index (χ0) is 15.7. The summed E-state index contributed by atoms with van der Waals surface area (Å²) in [6.45, 7) is 1.86. The normalized spacial score (nSPS) is 16.0. The van der Waals surface area contributed by atoms with Crippen LogP contribution in [0.15, 0.2) is 30.3 Å². The zero-order valence-electron chi connectivity index (χ0n) is 12.1. The number of carboxylic acids is 1. The van der Waals surface area contributed by atoms with Crippen LogP contribution in [0.2, 0.25) is 0 Å². The van der Waals surface area contributed by atoms with Crippen LogP contribution in [-0.4, -0.2) is 58.8 Å². The number of carbonyl (C=O) groups is 2. The Kier molecular flexibility index (Phi) is 3.64. The number of carboxylic acid groups (broad SMARTS) is 1. The van der Waals surface area contributed by atoms with Gasteiger partial charge < -0.3 is 10.0 Å². The van der Waals surface area contributed by atoms with Crippen LogP contribution in [0.3, 0.4) is 0 Å². The molecule has 1 fully saturated rings. The summed E-state index contributed by atoms with van der Waals surface area (Å²) < 4.78 is 0. The summed E-state index contributed by atoms with van der Waals surface area (Å²) in [6, 6.07) is 8.88. The van der Waals surface area contributed by atoms with Crippen molar-refractivity contribution in [1.29, 1.82) is 0 Å². The number of nitrogens with one attached hydrogen (secondary N) is 1. The molecule has 114 valence electrons. The summed E-state index contributed by atoms with van der Waals surface area (Å²) in [5, 5.41) is 15.4. The summed E-state index contributed by atoms with van der Waals surface area (Å²) >= 11 is 0. The molecule has 3 rings (SSSR count). The molecule has 1 amide bonds. The van der Waals surface area contributed by atoms with Crippen LogP contribution in [0.25, 0.3) is 11.3 Å². The smallest absolute Gasteiger partial charge is 0.353 e. The summed E-state index contributed by atoms with van der Waals surface area (Å²) in [7, 11) is 1.92. The van der Waals surface area contributed by atoms with Gasteiger partial charge in [0.2, 0.25) is 5.91 Å². The number of aromatic nitrogens is 2. The Bertz CT molecular complexity index is 725. The Morgan fingerprint density at radius 1 is 1.32 bits per heavy atom. The van der Waals surface area contributed by atoms with Crippen molar-refractivity contribution in [2.75, 3.05) is 31.6 Å². The first-order valence-electron chi connectivity index (χ1n) is 6.92. The van der Waals surface area contributed by atoms with E-state index in [0.717, 1.165) is 17.8 Å². The van der Waals surface area contributed by atoms with Crippen molar-refractivity contribution in [3.8, 4) is 11.3 Å². The highest BCUT2D eigenvalue weighted by atomic mass is 16.4. The minimum absolute atomic E-state index is 0.0380. The van der Waals surface area contributed by atoms with E-state index in [-0.39, 0.29) is 11.6 Å². The summed E-state index contributed by atoms with van der Waals surface area (Å²) in [4.78, 5) is 26.8. The summed E-state index contributed by atoms with van der Waals surface area (Å²) in [5.74, 6) is -0.997. The van der Waals surface area contributed by atoms with Crippen LogP contribution >= 0.6 is 0 Å². The first-order valence-corrected chi connectivity index (χ1v) is 6.92. The SMILES string of the molecule is CN1CCN(c2cccc(-c3cc(C(=O)O)[nH]n3)c2)C(=O)C1. The lowest BCUT2D eigenvalue weighted by Gasteiger charge is -2.32. The minimum Gasteiger partial charge on any atom is -0.477 e. The van der Waals surface area contributed by atoms with Crippen molar-refractivity contribution in [3.05, 3.63) is 36.0 Å². The van der Waals surface area contributed by atoms with Crippen molar-refractivity contribution in [2.24, 2.45) is 0 Å².